The molecule has 4 atom stereocenters. The van der Waals surface area contributed by atoms with E-state index >= 15 is 0 Å². The Morgan fingerprint density at radius 1 is 1.20 bits per heavy atom. The number of ether oxygens (including phenoxy) is 2. The van der Waals surface area contributed by atoms with Gasteiger partial charge in [0.2, 0.25) is 11.8 Å². The Morgan fingerprint density at radius 2 is 2.03 bits per heavy atom. The molecule has 2 N–H and O–H groups in total. The van der Waals surface area contributed by atoms with E-state index in [0.29, 0.717) is 11.4 Å². The van der Waals surface area contributed by atoms with Crippen LogP contribution in [-0.4, -0.2) is 59.2 Å². The number of nitrogens with one attached hydrogen (secondary N) is 1. The predicted molar refractivity (Wildman–Crippen MR) is 131 cm³/mol. The molecule has 2 aromatic rings. The van der Waals surface area contributed by atoms with Crippen LogP contribution in [0.5, 0.6) is 11.5 Å². The van der Waals surface area contributed by atoms with Gasteiger partial charge in [0.1, 0.15) is 12.1 Å². The third kappa shape index (κ3) is 3.76. The Kier molecular flexibility index (Phi) is 5.27. The number of carbonyl (C=O) groups excluding carboxylic acids is 2. The molecule has 8 heteroatoms. The van der Waals surface area contributed by atoms with Gasteiger partial charge >= 0.3 is 0 Å². The smallest absolute Gasteiger partial charge is 0.244 e. The molecule has 0 aromatic heterocycles. The fraction of sp³-hybridized carbons (Fsp3) is 0.481. The predicted octanol–water partition coefficient (Wildman–Crippen LogP) is 3.46. The molecule has 0 unspecified atom stereocenters. The maximum absolute atomic E-state index is 13.5. The molecule has 4 heterocycles. The van der Waals surface area contributed by atoms with Crippen molar-refractivity contribution in [1.29, 1.82) is 0 Å². The van der Waals surface area contributed by atoms with Gasteiger partial charge in [-0.2, -0.15) is 0 Å². The first kappa shape index (κ1) is 22.4. The van der Waals surface area contributed by atoms with Gasteiger partial charge in [-0.05, 0) is 57.9 Å². The number of rotatable bonds is 2. The second kappa shape index (κ2) is 8.24. The number of fused-ring (bicyclic) bond motifs is 5. The van der Waals surface area contributed by atoms with E-state index in [-0.39, 0.29) is 54.8 Å². The fourth-order valence-electron chi connectivity index (χ4n) is 6.28. The summed E-state index contributed by atoms with van der Waals surface area (Å²) in [6, 6.07) is 13.0. The van der Waals surface area contributed by atoms with Gasteiger partial charge in [-0.15, -0.1) is 0 Å². The number of carbonyl (C=O) groups is 2. The number of benzene rings is 2. The van der Waals surface area contributed by atoms with Crippen LogP contribution in [0.1, 0.15) is 44.8 Å². The van der Waals surface area contributed by atoms with Crippen LogP contribution in [0.15, 0.2) is 42.5 Å². The molecule has 6 rings (SSSR count). The summed E-state index contributed by atoms with van der Waals surface area (Å²) in [4.78, 5) is 29.5. The molecule has 8 nitrogen and oxygen atoms in total. The van der Waals surface area contributed by atoms with Crippen molar-refractivity contribution < 1.29 is 24.2 Å². The number of phenolic OH excluding ortho intramolecular Hbond substituents is 1. The minimum absolute atomic E-state index is 0.00107. The number of amides is 2. The van der Waals surface area contributed by atoms with Gasteiger partial charge in [-0.25, -0.2) is 0 Å². The highest BCUT2D eigenvalue weighted by Gasteiger charge is 2.52. The summed E-state index contributed by atoms with van der Waals surface area (Å²) in [5, 5.41) is 13.3. The lowest BCUT2D eigenvalue weighted by molar-refractivity contribution is -0.189. The minimum atomic E-state index is -0.529. The number of phenols is 1. The van der Waals surface area contributed by atoms with Gasteiger partial charge < -0.3 is 19.9 Å². The third-order valence-corrected chi connectivity index (χ3v) is 8.01. The number of hydrogen-bond acceptors (Lipinski definition) is 6. The van der Waals surface area contributed by atoms with Crippen LogP contribution in [-0.2, 0) is 14.3 Å². The first-order valence-corrected chi connectivity index (χ1v) is 12.4. The highest BCUT2D eigenvalue weighted by molar-refractivity contribution is 6.10. The maximum atomic E-state index is 13.5. The molecule has 0 spiro atoms. The van der Waals surface area contributed by atoms with Gasteiger partial charge in [-0.3, -0.25) is 19.4 Å². The third-order valence-electron chi connectivity index (χ3n) is 8.01. The zero-order valence-electron chi connectivity index (χ0n) is 20.1. The molecular weight excluding hydrogens is 446 g/mol. The minimum Gasteiger partial charge on any atom is -0.504 e. The van der Waals surface area contributed by atoms with Crippen LogP contribution in [0.4, 0.5) is 11.4 Å². The van der Waals surface area contributed by atoms with Crippen molar-refractivity contribution in [1.82, 2.24) is 4.90 Å². The van der Waals surface area contributed by atoms with Gasteiger partial charge in [0.25, 0.3) is 0 Å². The van der Waals surface area contributed by atoms with Crippen LogP contribution >= 0.6 is 0 Å². The Bertz CT molecular complexity index is 1180. The number of para-hydroxylation sites is 3. The molecule has 0 bridgehead atoms. The maximum Gasteiger partial charge on any atom is 0.244 e. The quantitative estimate of drug-likeness (QED) is 0.689. The standard InChI is InChI=1S/C27H31N3O5/c1-27(2)17-13-20-22(34-25(17)16-7-5-10-21(31)26(16)35-27)11-6-12-29(20)15-24(33)30-14-23(32)28-18-8-3-4-9-19(18)30/h3-5,7-10,17,20,22,25,31H,6,11-15H2,1-2H3,(H,28,32)/t17-,20-,22-,25+/m0/s1. The topological polar surface area (TPSA) is 91.3 Å². The SMILES string of the molecule is CC1(C)Oc2c(O)cccc2[C@H]2O[C@H]3CCCN(CC(=O)N4CC(=O)Nc5ccccc54)[C@H]3C[C@@H]21. The van der Waals surface area contributed by atoms with Crippen LogP contribution in [0.25, 0.3) is 0 Å². The van der Waals surface area contributed by atoms with Crippen LogP contribution in [0.2, 0.25) is 0 Å². The van der Waals surface area contributed by atoms with Crippen LogP contribution < -0.4 is 15.0 Å². The van der Waals surface area contributed by atoms with E-state index in [4.69, 9.17) is 9.47 Å². The summed E-state index contributed by atoms with van der Waals surface area (Å²) in [6.07, 6.45) is 2.55. The molecule has 35 heavy (non-hydrogen) atoms. The molecule has 2 aromatic carbocycles. The number of anilines is 2. The zero-order valence-corrected chi connectivity index (χ0v) is 20.1. The number of likely N-dealkylation sites (tertiary alicyclic amines) is 1. The van der Waals surface area contributed by atoms with Crippen molar-refractivity contribution in [2.45, 2.75) is 57.0 Å². The Morgan fingerprint density at radius 3 is 2.89 bits per heavy atom. The molecule has 0 radical (unpaired) electrons. The van der Waals surface area contributed by atoms with Crippen molar-refractivity contribution >= 4 is 23.2 Å². The first-order chi connectivity index (χ1) is 16.8. The average Bonchev–Trinajstić information content (AvgIpc) is 2.83. The molecule has 184 valence electrons. The van der Waals surface area contributed by atoms with E-state index < -0.39 is 5.60 Å². The molecule has 0 aliphatic carbocycles. The lowest BCUT2D eigenvalue weighted by atomic mass is 9.72. The second-order valence-corrected chi connectivity index (χ2v) is 10.6. The van der Waals surface area contributed by atoms with E-state index in [0.717, 1.165) is 37.1 Å². The molecule has 2 fully saturated rings. The van der Waals surface area contributed by atoms with Gasteiger partial charge in [-0.1, -0.05) is 24.3 Å². The van der Waals surface area contributed by atoms with Crippen molar-refractivity contribution in [2.24, 2.45) is 5.92 Å². The number of hydrogen-bond donors (Lipinski definition) is 2. The summed E-state index contributed by atoms with van der Waals surface area (Å²) in [6.45, 7) is 5.17. The lowest BCUT2D eigenvalue weighted by Gasteiger charge is -2.54. The normalized spacial score (nSPS) is 29.1. The van der Waals surface area contributed by atoms with E-state index in [9.17, 15) is 14.7 Å². The second-order valence-electron chi connectivity index (χ2n) is 10.6. The van der Waals surface area contributed by atoms with Crippen molar-refractivity contribution in [3.8, 4) is 11.5 Å². The molecule has 0 saturated carbocycles. The van der Waals surface area contributed by atoms with E-state index in [1.165, 1.54) is 0 Å². The number of aromatic hydroxyl groups is 1. The van der Waals surface area contributed by atoms with Gasteiger partial charge in [0, 0.05) is 17.5 Å². The summed E-state index contributed by atoms with van der Waals surface area (Å²) in [7, 11) is 0. The van der Waals surface area contributed by atoms with Crippen LogP contribution in [0.3, 0.4) is 0 Å². The molecule has 4 aliphatic heterocycles. The van der Waals surface area contributed by atoms with Crippen LogP contribution in [0, 0.1) is 5.92 Å². The average molecular weight is 478 g/mol. The Balaban J connectivity index is 1.25. The van der Waals surface area contributed by atoms with E-state index in [1.807, 2.05) is 50.2 Å². The summed E-state index contributed by atoms with van der Waals surface area (Å²) >= 11 is 0. The molecule has 4 aliphatic rings. The molecular formula is C27H31N3O5. The zero-order chi connectivity index (χ0) is 24.3. The summed E-state index contributed by atoms with van der Waals surface area (Å²) < 4.78 is 13.0. The van der Waals surface area contributed by atoms with Crippen molar-refractivity contribution in [2.75, 3.05) is 29.9 Å². The number of piperidine rings is 1. The largest absolute Gasteiger partial charge is 0.504 e. The summed E-state index contributed by atoms with van der Waals surface area (Å²) in [5.41, 5.74) is 1.78. The Labute approximate surface area is 204 Å². The van der Waals surface area contributed by atoms with E-state index in [1.54, 1.807) is 11.0 Å². The molecule has 2 amide bonds. The highest BCUT2D eigenvalue weighted by Crippen LogP contribution is 2.54. The van der Waals surface area contributed by atoms with Gasteiger partial charge in [0.15, 0.2) is 11.5 Å². The Hall–Kier alpha value is -3.10. The van der Waals surface area contributed by atoms with Crippen molar-refractivity contribution in [3.63, 3.8) is 0 Å². The van der Waals surface area contributed by atoms with Gasteiger partial charge in [0.05, 0.1) is 30.1 Å². The van der Waals surface area contributed by atoms with Crippen molar-refractivity contribution in [3.05, 3.63) is 48.0 Å². The monoisotopic (exact) mass is 477 g/mol. The summed E-state index contributed by atoms with van der Waals surface area (Å²) in [5.74, 6) is 0.476. The molecule has 2 saturated heterocycles. The lowest BCUT2D eigenvalue weighted by Crippen LogP contribution is -2.60. The fourth-order valence-corrected chi connectivity index (χ4v) is 6.28. The highest BCUT2D eigenvalue weighted by atomic mass is 16.5. The van der Waals surface area contributed by atoms with E-state index in [2.05, 4.69) is 10.2 Å². The first-order valence-electron chi connectivity index (χ1n) is 12.4. The number of nitrogens with zero attached hydrogens (tertiary/aromatic N) is 2.